The molecule has 0 atom stereocenters. The average molecular weight is 293 g/mol. The average Bonchev–Trinajstić information content (AvgIpc) is 2.90. The van der Waals surface area contributed by atoms with E-state index in [1.807, 2.05) is 6.92 Å². The molecule has 1 heterocycles. The van der Waals surface area contributed by atoms with E-state index in [0.29, 0.717) is 12.2 Å². The maximum atomic E-state index is 13.6. The van der Waals surface area contributed by atoms with Crippen LogP contribution in [0.2, 0.25) is 0 Å². The number of carbonyl (C=O) groups is 1. The third-order valence-electron chi connectivity index (χ3n) is 2.63. The molecule has 1 amide bonds. The third-order valence-corrected chi connectivity index (χ3v) is 2.63. The van der Waals surface area contributed by atoms with Crippen molar-refractivity contribution < 1.29 is 14.1 Å². The minimum absolute atomic E-state index is 0.115. The fourth-order valence-electron chi connectivity index (χ4n) is 1.64. The summed E-state index contributed by atoms with van der Waals surface area (Å²) < 4.78 is 13.6. The maximum absolute atomic E-state index is 13.6. The van der Waals surface area contributed by atoms with Crippen LogP contribution < -0.4 is 5.32 Å². The Morgan fingerprint density at radius 1 is 1.52 bits per heavy atom. The van der Waals surface area contributed by atoms with Gasteiger partial charge in [-0.2, -0.15) is 0 Å². The van der Waals surface area contributed by atoms with Gasteiger partial charge in [-0.1, -0.05) is 6.92 Å². The van der Waals surface area contributed by atoms with E-state index in [1.54, 1.807) is 0 Å². The number of aromatic nitrogens is 3. The molecule has 1 aromatic heterocycles. The number of hydrogen-bond donors (Lipinski definition) is 2. The molecule has 0 spiro atoms. The van der Waals surface area contributed by atoms with Gasteiger partial charge >= 0.3 is 0 Å². The number of amides is 1. The zero-order valence-corrected chi connectivity index (χ0v) is 11.1. The predicted octanol–water partition coefficient (Wildman–Crippen LogP) is 2.06. The smallest absolute Gasteiger partial charge is 0.295 e. The standard InChI is InChI=1S/C12H12FN5O3/c1-2-3-10-15-11(17-16-10)12(19)14-9-5-4-7(18(20)21)6-8(9)13/h4-6H,2-3H2,1H3,(H,14,19)(H,15,16,17). The van der Waals surface area contributed by atoms with Crippen LogP contribution >= 0.6 is 0 Å². The minimum Gasteiger partial charge on any atom is -0.317 e. The lowest BCUT2D eigenvalue weighted by atomic mass is 10.2. The van der Waals surface area contributed by atoms with Gasteiger partial charge in [-0.15, -0.1) is 5.10 Å². The molecule has 2 rings (SSSR count). The van der Waals surface area contributed by atoms with Crippen molar-refractivity contribution in [1.82, 2.24) is 15.2 Å². The Kier molecular flexibility index (Phi) is 4.21. The Balaban J connectivity index is 2.13. The Morgan fingerprint density at radius 3 is 2.90 bits per heavy atom. The van der Waals surface area contributed by atoms with Crippen LogP contribution in [0.1, 0.15) is 29.8 Å². The Bertz CT molecular complexity index is 685. The van der Waals surface area contributed by atoms with Gasteiger partial charge in [0.1, 0.15) is 5.82 Å². The number of aromatic amines is 1. The van der Waals surface area contributed by atoms with Crippen molar-refractivity contribution in [1.29, 1.82) is 0 Å². The van der Waals surface area contributed by atoms with Gasteiger partial charge in [0.15, 0.2) is 5.82 Å². The first-order chi connectivity index (χ1) is 10.0. The summed E-state index contributed by atoms with van der Waals surface area (Å²) in [5.41, 5.74) is -0.568. The molecular weight excluding hydrogens is 281 g/mol. The van der Waals surface area contributed by atoms with E-state index < -0.39 is 22.3 Å². The van der Waals surface area contributed by atoms with E-state index in [4.69, 9.17) is 0 Å². The SMILES string of the molecule is CCCc1nc(C(=O)Nc2ccc([N+](=O)[O-])cc2F)n[nH]1. The molecule has 9 heteroatoms. The van der Waals surface area contributed by atoms with Crippen molar-refractivity contribution in [3.63, 3.8) is 0 Å². The molecule has 0 fully saturated rings. The van der Waals surface area contributed by atoms with Crippen molar-refractivity contribution in [2.45, 2.75) is 19.8 Å². The predicted molar refractivity (Wildman–Crippen MR) is 71.4 cm³/mol. The number of nitro groups is 1. The first kappa shape index (κ1) is 14.6. The molecule has 110 valence electrons. The van der Waals surface area contributed by atoms with E-state index in [-0.39, 0.29) is 11.5 Å². The lowest BCUT2D eigenvalue weighted by Crippen LogP contribution is -2.15. The maximum Gasteiger partial charge on any atom is 0.295 e. The molecule has 2 N–H and O–H groups in total. The largest absolute Gasteiger partial charge is 0.317 e. The first-order valence-electron chi connectivity index (χ1n) is 6.17. The van der Waals surface area contributed by atoms with Crippen molar-refractivity contribution >= 4 is 17.3 Å². The molecular formula is C12H12FN5O3. The summed E-state index contributed by atoms with van der Waals surface area (Å²) in [6, 6.07) is 2.94. The summed E-state index contributed by atoms with van der Waals surface area (Å²) in [5.74, 6) is -1.15. The molecule has 1 aromatic carbocycles. The van der Waals surface area contributed by atoms with Crippen LogP contribution in [0.5, 0.6) is 0 Å². The van der Waals surface area contributed by atoms with Crippen LogP contribution in [0.15, 0.2) is 18.2 Å². The number of H-pyrrole nitrogens is 1. The van der Waals surface area contributed by atoms with E-state index >= 15 is 0 Å². The second-order valence-electron chi connectivity index (χ2n) is 4.23. The first-order valence-corrected chi connectivity index (χ1v) is 6.17. The highest BCUT2D eigenvalue weighted by Crippen LogP contribution is 2.20. The molecule has 8 nitrogen and oxygen atoms in total. The molecule has 21 heavy (non-hydrogen) atoms. The summed E-state index contributed by atoms with van der Waals surface area (Å²) in [5, 5.41) is 19.1. The highest BCUT2D eigenvalue weighted by atomic mass is 19.1. The Hall–Kier alpha value is -2.84. The zero-order valence-electron chi connectivity index (χ0n) is 11.1. The van der Waals surface area contributed by atoms with Gasteiger partial charge in [0, 0.05) is 12.5 Å². The van der Waals surface area contributed by atoms with Gasteiger partial charge in [0.2, 0.25) is 5.82 Å². The lowest BCUT2D eigenvalue weighted by molar-refractivity contribution is -0.385. The molecule has 0 saturated heterocycles. The molecule has 0 aliphatic carbocycles. The molecule has 2 aromatic rings. The third kappa shape index (κ3) is 3.38. The number of aryl methyl sites for hydroxylation is 1. The van der Waals surface area contributed by atoms with Crippen LogP contribution in [-0.2, 0) is 6.42 Å². The van der Waals surface area contributed by atoms with Gasteiger partial charge in [-0.25, -0.2) is 9.37 Å². The summed E-state index contributed by atoms with van der Waals surface area (Å²) in [6.45, 7) is 1.95. The van der Waals surface area contributed by atoms with E-state index in [0.717, 1.165) is 24.6 Å². The number of rotatable bonds is 5. The molecule has 0 radical (unpaired) electrons. The molecule has 0 unspecified atom stereocenters. The molecule has 0 aliphatic heterocycles. The topological polar surface area (TPSA) is 114 Å². The molecule has 0 saturated carbocycles. The minimum atomic E-state index is -0.901. The van der Waals surface area contributed by atoms with Crippen LogP contribution in [0.3, 0.4) is 0 Å². The summed E-state index contributed by atoms with van der Waals surface area (Å²) in [7, 11) is 0. The Labute approximate surface area is 118 Å². The number of halogens is 1. The number of non-ortho nitro benzene ring substituents is 1. The monoisotopic (exact) mass is 293 g/mol. The van der Waals surface area contributed by atoms with Gasteiger partial charge in [-0.05, 0) is 12.5 Å². The van der Waals surface area contributed by atoms with Gasteiger partial charge in [0.25, 0.3) is 11.6 Å². The van der Waals surface area contributed by atoms with Gasteiger partial charge in [-0.3, -0.25) is 20.0 Å². The normalized spacial score (nSPS) is 10.4. The van der Waals surface area contributed by atoms with Gasteiger partial charge in [0.05, 0.1) is 16.7 Å². The fraction of sp³-hybridized carbons (Fsp3) is 0.250. The van der Waals surface area contributed by atoms with Crippen molar-refractivity contribution in [3.05, 3.63) is 45.8 Å². The zero-order chi connectivity index (χ0) is 15.4. The Morgan fingerprint density at radius 2 is 2.29 bits per heavy atom. The highest BCUT2D eigenvalue weighted by molar-refractivity contribution is 6.01. The van der Waals surface area contributed by atoms with Crippen LogP contribution in [0, 0.1) is 15.9 Å². The molecule has 0 bridgehead atoms. The number of nitrogens with zero attached hydrogens (tertiary/aromatic N) is 3. The second-order valence-corrected chi connectivity index (χ2v) is 4.23. The molecule has 0 aliphatic rings. The summed E-state index contributed by atoms with van der Waals surface area (Å²) >= 11 is 0. The lowest BCUT2D eigenvalue weighted by Gasteiger charge is -2.03. The van der Waals surface area contributed by atoms with Crippen LogP contribution in [0.4, 0.5) is 15.8 Å². The van der Waals surface area contributed by atoms with E-state index in [2.05, 4.69) is 20.5 Å². The van der Waals surface area contributed by atoms with Crippen molar-refractivity contribution in [2.24, 2.45) is 0 Å². The number of nitro benzene ring substituents is 1. The summed E-state index contributed by atoms with van der Waals surface area (Å²) in [6.07, 6.45) is 1.49. The number of carbonyl (C=O) groups excluding carboxylic acids is 1. The number of benzene rings is 1. The second kappa shape index (κ2) is 6.07. The number of hydrogen-bond acceptors (Lipinski definition) is 5. The van der Waals surface area contributed by atoms with Crippen LogP contribution in [-0.4, -0.2) is 26.0 Å². The van der Waals surface area contributed by atoms with E-state index in [1.165, 1.54) is 0 Å². The highest BCUT2D eigenvalue weighted by Gasteiger charge is 2.16. The summed E-state index contributed by atoms with van der Waals surface area (Å²) in [4.78, 5) is 25.6. The quantitative estimate of drug-likeness (QED) is 0.647. The van der Waals surface area contributed by atoms with E-state index in [9.17, 15) is 19.3 Å². The van der Waals surface area contributed by atoms with Gasteiger partial charge < -0.3 is 5.32 Å². The van der Waals surface area contributed by atoms with Crippen molar-refractivity contribution in [3.8, 4) is 0 Å². The number of nitrogens with one attached hydrogen (secondary N) is 2. The fourth-order valence-corrected chi connectivity index (χ4v) is 1.64. The number of anilines is 1. The van der Waals surface area contributed by atoms with Crippen LogP contribution in [0.25, 0.3) is 0 Å². The van der Waals surface area contributed by atoms with Crippen molar-refractivity contribution in [2.75, 3.05) is 5.32 Å².